The van der Waals surface area contributed by atoms with E-state index >= 15 is 0 Å². The van der Waals surface area contributed by atoms with Crippen molar-refractivity contribution in [2.75, 3.05) is 13.2 Å². The lowest BCUT2D eigenvalue weighted by Gasteiger charge is -2.08. The van der Waals surface area contributed by atoms with E-state index in [1.54, 1.807) is 0 Å². The van der Waals surface area contributed by atoms with Crippen molar-refractivity contribution in [3.63, 3.8) is 0 Å². The van der Waals surface area contributed by atoms with E-state index in [-0.39, 0.29) is 0 Å². The molecule has 1 aromatic rings. The third-order valence-electron chi connectivity index (χ3n) is 2.39. The van der Waals surface area contributed by atoms with Gasteiger partial charge in [0.2, 0.25) is 0 Å². The summed E-state index contributed by atoms with van der Waals surface area (Å²) < 4.78 is 5.54. The fraction of sp³-hybridized carbons (Fsp3) is 0.467. The summed E-state index contributed by atoms with van der Waals surface area (Å²) in [6.45, 7) is 9.04. The van der Waals surface area contributed by atoms with Gasteiger partial charge in [0.1, 0.15) is 12.4 Å². The molecule has 0 aliphatic heterocycles. The van der Waals surface area contributed by atoms with Crippen molar-refractivity contribution >= 4 is 0 Å². The maximum atomic E-state index is 5.54. The van der Waals surface area contributed by atoms with Crippen LogP contribution in [-0.4, -0.2) is 13.2 Å². The van der Waals surface area contributed by atoms with E-state index in [4.69, 9.17) is 4.74 Å². The summed E-state index contributed by atoms with van der Waals surface area (Å²) in [4.78, 5) is 0. The Morgan fingerprint density at radius 2 is 1.94 bits per heavy atom. The summed E-state index contributed by atoms with van der Waals surface area (Å²) >= 11 is 0. The number of hydrogen-bond donors (Lipinski definition) is 1. The number of allylic oxidation sites excluding steroid dienone is 1. The maximum absolute atomic E-state index is 5.54. The molecule has 0 saturated heterocycles. The van der Waals surface area contributed by atoms with E-state index in [1.807, 2.05) is 31.2 Å². The normalized spacial score (nSPS) is 11.3. The van der Waals surface area contributed by atoms with Crippen LogP contribution >= 0.6 is 0 Å². The third kappa shape index (κ3) is 6.12. The fourth-order valence-corrected chi connectivity index (χ4v) is 1.45. The van der Waals surface area contributed by atoms with Gasteiger partial charge >= 0.3 is 0 Å². The zero-order valence-corrected chi connectivity index (χ0v) is 11.1. The van der Waals surface area contributed by atoms with E-state index in [9.17, 15) is 0 Å². The van der Waals surface area contributed by atoms with E-state index in [0.717, 1.165) is 18.8 Å². The molecule has 0 aromatic heterocycles. The fourth-order valence-electron chi connectivity index (χ4n) is 1.45. The number of hydrogen-bond acceptors (Lipinski definition) is 2. The molecule has 1 rings (SSSR count). The van der Waals surface area contributed by atoms with Crippen molar-refractivity contribution < 1.29 is 4.74 Å². The second kappa shape index (κ2) is 7.91. The minimum atomic E-state index is 0.640. The van der Waals surface area contributed by atoms with Crippen LogP contribution in [0.5, 0.6) is 5.75 Å². The summed E-state index contributed by atoms with van der Waals surface area (Å²) in [6.07, 6.45) is 3.99. The van der Waals surface area contributed by atoms with Gasteiger partial charge in [0.15, 0.2) is 0 Å². The van der Waals surface area contributed by atoms with Gasteiger partial charge in [-0.05, 0) is 37.1 Å². The van der Waals surface area contributed by atoms with Crippen molar-refractivity contribution in [1.29, 1.82) is 0 Å². The minimum Gasteiger partial charge on any atom is -0.490 e. The number of rotatable bonds is 7. The third-order valence-corrected chi connectivity index (χ3v) is 2.39. The molecule has 94 valence electrons. The van der Waals surface area contributed by atoms with Gasteiger partial charge in [0.05, 0.1) is 0 Å². The van der Waals surface area contributed by atoms with Gasteiger partial charge in [-0.2, -0.15) is 0 Å². The Kier molecular flexibility index (Phi) is 6.41. The molecule has 0 amide bonds. The number of ether oxygens (including phenoxy) is 1. The van der Waals surface area contributed by atoms with E-state index in [1.165, 1.54) is 5.56 Å². The van der Waals surface area contributed by atoms with Gasteiger partial charge in [-0.25, -0.2) is 0 Å². The van der Waals surface area contributed by atoms with Crippen molar-refractivity contribution in [2.45, 2.75) is 27.3 Å². The smallest absolute Gasteiger partial charge is 0.119 e. The van der Waals surface area contributed by atoms with Crippen molar-refractivity contribution in [3.05, 3.63) is 42.0 Å². The second-order valence-corrected chi connectivity index (χ2v) is 4.55. The van der Waals surface area contributed by atoms with Crippen LogP contribution in [0.3, 0.4) is 0 Å². The Labute approximate surface area is 105 Å². The summed E-state index contributed by atoms with van der Waals surface area (Å²) in [5, 5.41) is 3.42. The number of nitrogens with one attached hydrogen (secondary N) is 1. The highest BCUT2D eigenvalue weighted by Gasteiger charge is 1.96. The van der Waals surface area contributed by atoms with Crippen LogP contribution in [-0.2, 0) is 6.54 Å². The molecule has 0 aliphatic rings. The molecule has 1 N–H and O–H groups in total. The first-order valence-electron chi connectivity index (χ1n) is 6.26. The zero-order chi connectivity index (χ0) is 12.5. The molecular weight excluding hydrogens is 210 g/mol. The molecule has 0 saturated carbocycles. The molecule has 0 heterocycles. The molecule has 1 aromatic carbocycles. The topological polar surface area (TPSA) is 21.3 Å². The lowest BCUT2D eigenvalue weighted by molar-refractivity contribution is 0.362. The standard InChI is InChI=1S/C15H23NO/c1-4-5-10-17-15-8-6-14(7-9-15)12-16-11-13(2)3/h4-9,13,16H,10-12H2,1-3H3/b5-4+. The van der Waals surface area contributed by atoms with Crippen molar-refractivity contribution in [2.24, 2.45) is 5.92 Å². The molecule has 2 nitrogen and oxygen atoms in total. The van der Waals surface area contributed by atoms with Crippen LogP contribution < -0.4 is 10.1 Å². The zero-order valence-electron chi connectivity index (χ0n) is 11.1. The monoisotopic (exact) mass is 233 g/mol. The van der Waals surface area contributed by atoms with Gasteiger partial charge < -0.3 is 10.1 Å². The Morgan fingerprint density at radius 3 is 2.53 bits per heavy atom. The molecule has 0 atom stereocenters. The van der Waals surface area contributed by atoms with Crippen LogP contribution in [0.25, 0.3) is 0 Å². The first-order valence-corrected chi connectivity index (χ1v) is 6.26. The predicted molar refractivity (Wildman–Crippen MR) is 73.3 cm³/mol. The molecule has 2 heteroatoms. The second-order valence-electron chi connectivity index (χ2n) is 4.55. The Hall–Kier alpha value is -1.28. The highest BCUT2D eigenvalue weighted by molar-refractivity contribution is 5.27. The minimum absolute atomic E-state index is 0.640. The highest BCUT2D eigenvalue weighted by Crippen LogP contribution is 2.12. The summed E-state index contributed by atoms with van der Waals surface area (Å²) in [5.41, 5.74) is 1.30. The summed E-state index contributed by atoms with van der Waals surface area (Å²) in [6, 6.07) is 8.27. The lowest BCUT2D eigenvalue weighted by Crippen LogP contribution is -2.18. The molecule has 0 unspecified atom stereocenters. The van der Waals surface area contributed by atoms with Gasteiger partial charge in [-0.15, -0.1) is 0 Å². The van der Waals surface area contributed by atoms with Crippen LogP contribution in [0.15, 0.2) is 36.4 Å². The highest BCUT2D eigenvalue weighted by atomic mass is 16.5. The predicted octanol–water partition coefficient (Wildman–Crippen LogP) is 3.39. The maximum Gasteiger partial charge on any atom is 0.119 e. The van der Waals surface area contributed by atoms with Crippen LogP contribution in [0.4, 0.5) is 0 Å². The van der Waals surface area contributed by atoms with Gasteiger partial charge in [-0.3, -0.25) is 0 Å². The lowest BCUT2D eigenvalue weighted by atomic mass is 10.2. The van der Waals surface area contributed by atoms with E-state index in [2.05, 4.69) is 31.3 Å². The molecule has 0 spiro atoms. The van der Waals surface area contributed by atoms with Crippen LogP contribution in [0, 0.1) is 5.92 Å². The quantitative estimate of drug-likeness (QED) is 0.729. The Morgan fingerprint density at radius 1 is 1.24 bits per heavy atom. The summed E-state index contributed by atoms with van der Waals surface area (Å²) in [5.74, 6) is 1.62. The van der Waals surface area contributed by atoms with Crippen LogP contribution in [0.2, 0.25) is 0 Å². The SMILES string of the molecule is C/C=C/COc1ccc(CNCC(C)C)cc1. The van der Waals surface area contributed by atoms with Gasteiger partial charge in [0, 0.05) is 6.54 Å². The van der Waals surface area contributed by atoms with Crippen molar-refractivity contribution in [3.8, 4) is 5.75 Å². The summed E-state index contributed by atoms with van der Waals surface area (Å²) in [7, 11) is 0. The Balaban J connectivity index is 2.34. The average Bonchev–Trinajstić information content (AvgIpc) is 2.31. The largest absolute Gasteiger partial charge is 0.490 e. The first kappa shape index (κ1) is 13.8. The van der Waals surface area contributed by atoms with Gasteiger partial charge in [0.25, 0.3) is 0 Å². The first-order chi connectivity index (χ1) is 8.22. The van der Waals surface area contributed by atoms with E-state index < -0.39 is 0 Å². The average molecular weight is 233 g/mol. The molecular formula is C15H23NO. The van der Waals surface area contributed by atoms with Crippen molar-refractivity contribution in [1.82, 2.24) is 5.32 Å². The number of benzene rings is 1. The molecule has 0 bridgehead atoms. The molecule has 0 radical (unpaired) electrons. The molecule has 0 aliphatic carbocycles. The molecule has 17 heavy (non-hydrogen) atoms. The molecule has 0 fully saturated rings. The Bertz CT molecular complexity index is 327. The van der Waals surface area contributed by atoms with E-state index in [0.29, 0.717) is 12.5 Å². The van der Waals surface area contributed by atoms with Gasteiger partial charge in [-0.1, -0.05) is 38.1 Å². The van der Waals surface area contributed by atoms with Crippen LogP contribution in [0.1, 0.15) is 26.3 Å².